The van der Waals surface area contributed by atoms with Gasteiger partial charge in [0.25, 0.3) is 0 Å². The third-order valence-electron chi connectivity index (χ3n) is 3.16. The van der Waals surface area contributed by atoms with Gasteiger partial charge >= 0.3 is 0 Å². The maximum Gasteiger partial charge on any atom is 0.219 e. The summed E-state index contributed by atoms with van der Waals surface area (Å²) in [7, 11) is 0. The maximum atomic E-state index is 11.3. The van der Waals surface area contributed by atoms with E-state index < -0.39 is 0 Å². The zero-order valence-corrected chi connectivity index (χ0v) is 11.1. The predicted octanol–water partition coefficient (Wildman–Crippen LogP) is 1.09. The van der Waals surface area contributed by atoms with E-state index in [9.17, 15) is 4.79 Å². The second-order valence-electron chi connectivity index (χ2n) is 4.34. The molecule has 1 saturated heterocycles. The highest BCUT2D eigenvalue weighted by molar-refractivity contribution is 7.10. The van der Waals surface area contributed by atoms with Crippen LogP contribution in [0.4, 0.5) is 10.8 Å². The molecule has 2 N–H and O–H groups in total. The number of anilines is 2. The van der Waals surface area contributed by atoms with Crippen LogP contribution >= 0.6 is 11.5 Å². The van der Waals surface area contributed by atoms with E-state index in [1.807, 2.05) is 11.8 Å². The monoisotopic (exact) mass is 254 g/mol. The molecule has 0 aliphatic carbocycles. The van der Waals surface area contributed by atoms with Crippen LogP contribution in [-0.4, -0.2) is 41.4 Å². The number of nitrogens with zero attached hydrogens (tertiary/aromatic N) is 3. The zero-order valence-electron chi connectivity index (χ0n) is 10.3. The van der Waals surface area contributed by atoms with Crippen LogP contribution in [0.2, 0.25) is 0 Å². The highest BCUT2D eigenvalue weighted by atomic mass is 32.1. The molecular formula is C11H18N4OS. The molecule has 0 saturated carbocycles. The molecule has 1 aromatic heterocycles. The van der Waals surface area contributed by atoms with E-state index in [2.05, 4.69) is 9.27 Å². The Morgan fingerprint density at radius 1 is 1.35 bits per heavy atom. The number of amides is 1. The molecule has 0 radical (unpaired) electrons. The van der Waals surface area contributed by atoms with Gasteiger partial charge in [-0.2, -0.15) is 4.37 Å². The lowest BCUT2D eigenvalue weighted by atomic mass is 10.3. The topological polar surface area (TPSA) is 62.5 Å². The molecule has 1 aromatic rings. The molecule has 1 fully saturated rings. The van der Waals surface area contributed by atoms with Crippen molar-refractivity contribution in [3.8, 4) is 0 Å². The lowest BCUT2D eigenvalue weighted by Gasteiger charge is -2.21. The molecule has 0 unspecified atom stereocenters. The van der Waals surface area contributed by atoms with Gasteiger partial charge in [0.05, 0.1) is 0 Å². The molecule has 1 aliphatic rings. The van der Waals surface area contributed by atoms with E-state index in [4.69, 9.17) is 5.73 Å². The quantitative estimate of drug-likeness (QED) is 0.815. The smallest absolute Gasteiger partial charge is 0.219 e. The zero-order chi connectivity index (χ0) is 12.4. The van der Waals surface area contributed by atoms with Crippen LogP contribution in [0.3, 0.4) is 0 Å². The number of carbonyl (C=O) groups excluding carboxylic acids is 1. The van der Waals surface area contributed by atoms with Crippen LogP contribution in [0.5, 0.6) is 0 Å². The van der Waals surface area contributed by atoms with Crippen molar-refractivity contribution < 1.29 is 4.79 Å². The van der Waals surface area contributed by atoms with Crippen molar-refractivity contribution in [3.05, 3.63) is 5.56 Å². The molecule has 0 bridgehead atoms. The first-order chi connectivity index (χ1) is 8.09. The fourth-order valence-electron chi connectivity index (χ4n) is 2.07. The first kappa shape index (κ1) is 12.2. The van der Waals surface area contributed by atoms with Crippen molar-refractivity contribution in [2.75, 3.05) is 36.8 Å². The molecule has 0 aromatic carbocycles. The van der Waals surface area contributed by atoms with Gasteiger partial charge in [-0.1, -0.05) is 0 Å². The number of nitrogen functional groups attached to an aromatic ring is 1. The van der Waals surface area contributed by atoms with Crippen LogP contribution in [0, 0.1) is 6.92 Å². The van der Waals surface area contributed by atoms with E-state index in [0.717, 1.165) is 43.2 Å². The Morgan fingerprint density at radius 2 is 2.12 bits per heavy atom. The van der Waals surface area contributed by atoms with Crippen LogP contribution < -0.4 is 10.6 Å². The van der Waals surface area contributed by atoms with Crippen molar-refractivity contribution in [3.63, 3.8) is 0 Å². The van der Waals surface area contributed by atoms with Crippen molar-refractivity contribution in [2.45, 2.75) is 20.3 Å². The normalized spacial score (nSPS) is 17.1. The average molecular weight is 254 g/mol. The van der Waals surface area contributed by atoms with Crippen LogP contribution in [0.1, 0.15) is 18.9 Å². The summed E-state index contributed by atoms with van der Waals surface area (Å²) in [4.78, 5) is 15.5. The molecule has 94 valence electrons. The molecule has 2 heterocycles. The predicted molar refractivity (Wildman–Crippen MR) is 70.3 cm³/mol. The summed E-state index contributed by atoms with van der Waals surface area (Å²) in [6.45, 7) is 7.09. The summed E-state index contributed by atoms with van der Waals surface area (Å²) < 4.78 is 4.17. The molecule has 1 amide bonds. The number of hydrogen-bond donors (Lipinski definition) is 1. The third-order valence-corrected chi connectivity index (χ3v) is 4.19. The molecule has 2 rings (SSSR count). The Labute approximate surface area is 105 Å². The lowest BCUT2D eigenvalue weighted by molar-refractivity contribution is -0.128. The molecule has 0 spiro atoms. The van der Waals surface area contributed by atoms with Gasteiger partial charge in [0.2, 0.25) is 5.91 Å². The minimum atomic E-state index is 0.160. The van der Waals surface area contributed by atoms with Gasteiger partial charge in [-0.3, -0.25) is 4.79 Å². The summed E-state index contributed by atoms with van der Waals surface area (Å²) in [5.41, 5.74) is 6.83. The molecule has 5 nitrogen and oxygen atoms in total. The van der Waals surface area contributed by atoms with Crippen LogP contribution in [-0.2, 0) is 4.79 Å². The number of hydrogen-bond acceptors (Lipinski definition) is 5. The van der Waals surface area contributed by atoms with E-state index in [0.29, 0.717) is 5.82 Å². The Kier molecular flexibility index (Phi) is 3.51. The number of nitrogens with two attached hydrogens (primary N) is 1. The third kappa shape index (κ3) is 2.52. The van der Waals surface area contributed by atoms with Crippen molar-refractivity contribution in [2.24, 2.45) is 0 Å². The minimum absolute atomic E-state index is 0.160. The number of carbonyl (C=O) groups is 1. The molecule has 17 heavy (non-hydrogen) atoms. The Balaban J connectivity index is 2.09. The van der Waals surface area contributed by atoms with E-state index in [1.54, 1.807) is 6.92 Å². The Hall–Kier alpha value is -1.30. The highest BCUT2D eigenvalue weighted by Crippen LogP contribution is 2.30. The van der Waals surface area contributed by atoms with E-state index in [-0.39, 0.29) is 5.91 Å². The van der Waals surface area contributed by atoms with E-state index in [1.165, 1.54) is 11.5 Å². The highest BCUT2D eigenvalue weighted by Gasteiger charge is 2.20. The molecule has 0 atom stereocenters. The van der Waals surface area contributed by atoms with Gasteiger partial charge in [-0.05, 0) is 24.9 Å². The van der Waals surface area contributed by atoms with Crippen LogP contribution in [0.25, 0.3) is 0 Å². The summed E-state index contributed by atoms with van der Waals surface area (Å²) in [5, 5.41) is 1.15. The standard InChI is InChI=1S/C11H18N4OS/c1-8-10(12)13-17-11(8)15-5-3-4-14(6-7-15)9(2)16/h3-7H2,1-2H3,(H2,12,13). The largest absolute Gasteiger partial charge is 0.383 e. The van der Waals surface area contributed by atoms with Gasteiger partial charge in [-0.25, -0.2) is 0 Å². The molecule has 1 aliphatic heterocycles. The summed E-state index contributed by atoms with van der Waals surface area (Å²) in [6.07, 6.45) is 0.997. The molecular weight excluding hydrogens is 236 g/mol. The fourth-order valence-corrected chi connectivity index (χ4v) is 2.93. The SMILES string of the molecule is CC(=O)N1CCCN(c2snc(N)c2C)CC1. The van der Waals surface area contributed by atoms with Crippen LogP contribution in [0.15, 0.2) is 0 Å². The first-order valence-electron chi connectivity index (χ1n) is 5.82. The van der Waals surface area contributed by atoms with Crippen molar-refractivity contribution in [1.82, 2.24) is 9.27 Å². The van der Waals surface area contributed by atoms with Gasteiger partial charge in [-0.15, -0.1) is 0 Å². The summed E-state index contributed by atoms with van der Waals surface area (Å²) in [6, 6.07) is 0. The van der Waals surface area contributed by atoms with Crippen molar-refractivity contribution in [1.29, 1.82) is 0 Å². The first-order valence-corrected chi connectivity index (χ1v) is 6.59. The minimum Gasteiger partial charge on any atom is -0.383 e. The van der Waals surface area contributed by atoms with Gasteiger partial charge in [0.1, 0.15) is 10.8 Å². The Morgan fingerprint density at radius 3 is 2.71 bits per heavy atom. The summed E-state index contributed by atoms with van der Waals surface area (Å²) >= 11 is 1.45. The van der Waals surface area contributed by atoms with Gasteiger partial charge in [0, 0.05) is 38.7 Å². The molecule has 6 heteroatoms. The van der Waals surface area contributed by atoms with Gasteiger partial charge in [0.15, 0.2) is 0 Å². The maximum absolute atomic E-state index is 11.3. The second-order valence-corrected chi connectivity index (χ2v) is 5.10. The number of aromatic nitrogens is 1. The lowest BCUT2D eigenvalue weighted by Crippen LogP contribution is -2.33. The van der Waals surface area contributed by atoms with E-state index >= 15 is 0 Å². The Bertz CT molecular complexity index is 418. The fraction of sp³-hybridized carbons (Fsp3) is 0.636. The average Bonchev–Trinajstić information content (AvgIpc) is 2.55. The van der Waals surface area contributed by atoms with Crippen molar-refractivity contribution >= 4 is 28.3 Å². The number of rotatable bonds is 1. The second kappa shape index (κ2) is 4.91. The van der Waals surface area contributed by atoms with Gasteiger partial charge < -0.3 is 15.5 Å². The summed E-state index contributed by atoms with van der Waals surface area (Å²) in [5.74, 6) is 0.782.